The summed E-state index contributed by atoms with van der Waals surface area (Å²) in [5.41, 5.74) is 0.673. The summed E-state index contributed by atoms with van der Waals surface area (Å²) in [7, 11) is -3.77. The number of thiophene rings is 1. The summed E-state index contributed by atoms with van der Waals surface area (Å²) >= 11 is 6.79. The third-order valence-corrected chi connectivity index (χ3v) is 6.06. The molecule has 0 aromatic carbocycles. The Hall–Kier alpha value is -0.630. The predicted octanol–water partition coefficient (Wildman–Crippen LogP) is 2.20. The van der Waals surface area contributed by atoms with Gasteiger partial charge in [-0.05, 0) is 25.0 Å². The van der Waals surface area contributed by atoms with E-state index in [1.54, 1.807) is 13.8 Å². The van der Waals surface area contributed by atoms with E-state index in [1.165, 1.54) is 6.07 Å². The van der Waals surface area contributed by atoms with E-state index in [0.717, 1.165) is 15.6 Å². The zero-order valence-electron chi connectivity index (χ0n) is 10.0. The Morgan fingerprint density at radius 3 is 2.56 bits per heavy atom. The fourth-order valence-corrected chi connectivity index (χ4v) is 4.72. The van der Waals surface area contributed by atoms with Crippen molar-refractivity contribution in [2.75, 3.05) is 13.1 Å². The first-order chi connectivity index (χ1) is 8.28. The van der Waals surface area contributed by atoms with E-state index in [2.05, 4.69) is 0 Å². The van der Waals surface area contributed by atoms with Crippen molar-refractivity contribution < 1.29 is 18.3 Å². The van der Waals surface area contributed by atoms with Crippen LogP contribution in [0.1, 0.15) is 18.9 Å². The average molecular weight is 312 g/mol. The normalized spacial score (nSPS) is 12.0. The molecule has 18 heavy (non-hydrogen) atoms. The van der Waals surface area contributed by atoms with Crippen LogP contribution in [0.25, 0.3) is 0 Å². The number of hydrogen-bond acceptors (Lipinski definition) is 4. The quantitative estimate of drug-likeness (QED) is 0.874. The van der Waals surface area contributed by atoms with Gasteiger partial charge in [0.25, 0.3) is 10.0 Å². The maximum atomic E-state index is 12.2. The van der Waals surface area contributed by atoms with Gasteiger partial charge < -0.3 is 5.11 Å². The minimum atomic E-state index is -3.77. The molecule has 1 heterocycles. The number of aliphatic carboxylic acids is 1. The highest BCUT2D eigenvalue weighted by atomic mass is 35.5. The van der Waals surface area contributed by atoms with Gasteiger partial charge in [0, 0.05) is 6.54 Å². The molecule has 0 aliphatic heterocycles. The molecule has 102 valence electrons. The Balaban J connectivity index is 3.12. The molecule has 0 saturated heterocycles. The molecule has 0 amide bonds. The van der Waals surface area contributed by atoms with Crippen LogP contribution in [0.4, 0.5) is 0 Å². The van der Waals surface area contributed by atoms with Gasteiger partial charge in [0.15, 0.2) is 0 Å². The molecule has 0 saturated carbocycles. The van der Waals surface area contributed by atoms with Gasteiger partial charge in [-0.2, -0.15) is 4.31 Å². The first kappa shape index (κ1) is 15.4. The van der Waals surface area contributed by atoms with Crippen LogP contribution in [-0.2, 0) is 14.8 Å². The van der Waals surface area contributed by atoms with Gasteiger partial charge in [-0.25, -0.2) is 8.42 Å². The number of carboxylic acid groups (broad SMARTS) is 1. The summed E-state index contributed by atoms with van der Waals surface area (Å²) in [6, 6.07) is 1.47. The summed E-state index contributed by atoms with van der Waals surface area (Å²) in [6.07, 6.45) is 0.546. The second-order valence-electron chi connectivity index (χ2n) is 3.75. The summed E-state index contributed by atoms with van der Waals surface area (Å²) in [4.78, 5) is 10.7. The Kier molecular flexibility index (Phi) is 5.15. The molecule has 5 nitrogen and oxygen atoms in total. The van der Waals surface area contributed by atoms with Gasteiger partial charge >= 0.3 is 5.97 Å². The fraction of sp³-hybridized carbons (Fsp3) is 0.500. The summed E-state index contributed by atoms with van der Waals surface area (Å²) in [5.74, 6) is -1.17. The van der Waals surface area contributed by atoms with Crippen LogP contribution in [0.2, 0.25) is 4.34 Å². The number of nitrogens with zero attached hydrogens (tertiary/aromatic N) is 1. The molecule has 0 radical (unpaired) electrons. The van der Waals surface area contributed by atoms with E-state index in [0.29, 0.717) is 16.3 Å². The van der Waals surface area contributed by atoms with Gasteiger partial charge in [0.05, 0.1) is 4.34 Å². The van der Waals surface area contributed by atoms with E-state index in [9.17, 15) is 13.2 Å². The van der Waals surface area contributed by atoms with Gasteiger partial charge in [-0.1, -0.05) is 18.5 Å². The van der Waals surface area contributed by atoms with E-state index < -0.39 is 22.5 Å². The Bertz CT molecular complexity index is 519. The zero-order valence-corrected chi connectivity index (χ0v) is 12.4. The molecule has 1 rings (SSSR count). The summed E-state index contributed by atoms with van der Waals surface area (Å²) in [5, 5.41) is 8.75. The monoisotopic (exact) mass is 311 g/mol. The number of hydrogen-bond donors (Lipinski definition) is 1. The lowest BCUT2D eigenvalue weighted by molar-refractivity contribution is -0.137. The number of carbonyl (C=O) groups is 1. The molecule has 0 atom stereocenters. The molecular formula is C10H14ClNO4S2. The summed E-state index contributed by atoms with van der Waals surface area (Å²) < 4.78 is 25.9. The lowest BCUT2D eigenvalue weighted by Gasteiger charge is -2.18. The van der Waals surface area contributed by atoms with Crippen LogP contribution in [0.15, 0.2) is 10.3 Å². The Morgan fingerprint density at radius 2 is 2.17 bits per heavy atom. The Morgan fingerprint density at radius 1 is 1.56 bits per heavy atom. The topological polar surface area (TPSA) is 74.7 Å². The lowest BCUT2D eigenvalue weighted by Crippen LogP contribution is -2.35. The molecule has 0 aliphatic rings. The molecule has 0 unspecified atom stereocenters. The van der Waals surface area contributed by atoms with Crippen LogP contribution in [0.3, 0.4) is 0 Å². The molecule has 0 aliphatic carbocycles. The highest BCUT2D eigenvalue weighted by Crippen LogP contribution is 2.31. The van der Waals surface area contributed by atoms with Crippen molar-refractivity contribution in [2.24, 2.45) is 0 Å². The van der Waals surface area contributed by atoms with Crippen LogP contribution < -0.4 is 0 Å². The van der Waals surface area contributed by atoms with Gasteiger partial charge in [0.2, 0.25) is 0 Å². The first-order valence-electron chi connectivity index (χ1n) is 5.27. The largest absolute Gasteiger partial charge is 0.480 e. The zero-order chi connectivity index (χ0) is 13.9. The fourth-order valence-electron chi connectivity index (χ4n) is 1.37. The van der Waals surface area contributed by atoms with Crippen molar-refractivity contribution in [2.45, 2.75) is 24.5 Å². The molecule has 0 fully saturated rings. The third kappa shape index (κ3) is 3.44. The van der Waals surface area contributed by atoms with Crippen molar-refractivity contribution in [3.8, 4) is 0 Å². The number of carboxylic acids is 1. The molecule has 0 spiro atoms. The third-order valence-electron chi connectivity index (χ3n) is 2.21. The smallest absolute Gasteiger partial charge is 0.318 e. The second kappa shape index (κ2) is 6.01. The maximum Gasteiger partial charge on any atom is 0.318 e. The lowest BCUT2D eigenvalue weighted by atomic mass is 10.4. The molecule has 1 N–H and O–H groups in total. The highest BCUT2D eigenvalue weighted by molar-refractivity contribution is 7.91. The van der Waals surface area contributed by atoms with E-state index in [4.69, 9.17) is 16.7 Å². The van der Waals surface area contributed by atoms with Gasteiger partial charge in [-0.15, -0.1) is 11.3 Å². The highest BCUT2D eigenvalue weighted by Gasteiger charge is 2.28. The number of rotatable bonds is 6. The van der Waals surface area contributed by atoms with E-state index >= 15 is 0 Å². The van der Waals surface area contributed by atoms with Gasteiger partial charge in [-0.3, -0.25) is 4.79 Å². The SMILES string of the molecule is CCCN(CC(=O)O)S(=O)(=O)c1cc(C)c(Cl)s1. The molecular weight excluding hydrogens is 298 g/mol. The predicted molar refractivity (Wildman–Crippen MR) is 70.8 cm³/mol. The van der Waals surface area contributed by atoms with Crippen LogP contribution in [0, 0.1) is 6.92 Å². The van der Waals surface area contributed by atoms with Gasteiger partial charge in [0.1, 0.15) is 10.8 Å². The molecule has 8 heteroatoms. The van der Waals surface area contributed by atoms with Crippen LogP contribution in [-0.4, -0.2) is 36.9 Å². The molecule has 0 bridgehead atoms. The first-order valence-corrected chi connectivity index (χ1v) is 7.90. The van der Waals surface area contributed by atoms with Crippen molar-refractivity contribution in [1.82, 2.24) is 4.31 Å². The summed E-state index contributed by atoms with van der Waals surface area (Å²) in [6.45, 7) is 3.13. The molecule has 1 aromatic heterocycles. The van der Waals surface area contributed by atoms with E-state index in [1.807, 2.05) is 0 Å². The number of halogens is 1. The maximum absolute atomic E-state index is 12.2. The van der Waals surface area contributed by atoms with Crippen molar-refractivity contribution in [1.29, 1.82) is 0 Å². The Labute approximate surface area is 115 Å². The standard InChI is InChI=1S/C10H14ClNO4S2/c1-3-4-12(6-8(13)14)18(15,16)9-5-7(2)10(11)17-9/h5H,3-4,6H2,1-2H3,(H,13,14). The minimum absolute atomic E-state index is 0.0831. The van der Waals surface area contributed by atoms with Crippen molar-refractivity contribution in [3.63, 3.8) is 0 Å². The second-order valence-corrected chi connectivity index (χ2v) is 7.57. The van der Waals surface area contributed by atoms with Crippen LogP contribution in [0.5, 0.6) is 0 Å². The van der Waals surface area contributed by atoms with Crippen LogP contribution >= 0.6 is 22.9 Å². The van der Waals surface area contributed by atoms with E-state index in [-0.39, 0.29) is 10.8 Å². The molecule has 1 aromatic rings. The number of aryl methyl sites for hydroxylation is 1. The minimum Gasteiger partial charge on any atom is -0.480 e. The van der Waals surface area contributed by atoms with Crippen molar-refractivity contribution >= 4 is 38.9 Å². The number of sulfonamides is 1. The average Bonchev–Trinajstić information content (AvgIpc) is 2.59. The van der Waals surface area contributed by atoms with Crippen molar-refractivity contribution in [3.05, 3.63) is 16.0 Å².